The number of hydrogen-bond acceptors (Lipinski definition) is 3. The van der Waals surface area contributed by atoms with Crippen molar-refractivity contribution >= 4 is 11.3 Å². The van der Waals surface area contributed by atoms with Crippen LogP contribution in [0.2, 0.25) is 0 Å². The molecule has 1 atom stereocenters. The molecule has 0 bridgehead atoms. The van der Waals surface area contributed by atoms with Gasteiger partial charge in [-0.2, -0.15) is 0 Å². The van der Waals surface area contributed by atoms with Crippen molar-refractivity contribution in [3.8, 4) is 0 Å². The van der Waals surface area contributed by atoms with E-state index < -0.39 is 13.0 Å². The minimum Gasteiger partial charge on any atom is -0.375 e. The molecule has 110 valence electrons. The molecule has 19 heavy (non-hydrogen) atoms. The molecule has 0 saturated heterocycles. The van der Waals surface area contributed by atoms with Crippen LogP contribution in [0.15, 0.2) is 17.5 Å². The van der Waals surface area contributed by atoms with E-state index >= 15 is 0 Å². The van der Waals surface area contributed by atoms with E-state index in [4.69, 9.17) is 4.74 Å². The molecule has 1 aromatic rings. The summed E-state index contributed by atoms with van der Waals surface area (Å²) < 4.78 is 28.9. The van der Waals surface area contributed by atoms with Gasteiger partial charge in [0.2, 0.25) is 0 Å². The molecule has 0 aromatic carbocycles. The number of nitrogens with one attached hydrogen (secondary N) is 1. The fourth-order valence-corrected chi connectivity index (χ4v) is 2.59. The van der Waals surface area contributed by atoms with Crippen molar-refractivity contribution in [3.63, 3.8) is 0 Å². The first-order chi connectivity index (χ1) is 9.22. The molecule has 1 aromatic heterocycles. The van der Waals surface area contributed by atoms with Gasteiger partial charge >= 0.3 is 0 Å². The number of ether oxygens (including phenoxy) is 1. The predicted octanol–water partition coefficient (Wildman–Crippen LogP) is 3.72. The number of hydrogen-bond donors (Lipinski definition) is 1. The summed E-state index contributed by atoms with van der Waals surface area (Å²) in [5, 5.41) is 5.54. The summed E-state index contributed by atoms with van der Waals surface area (Å²) in [6, 6.07) is 4.54. The molecule has 1 heterocycles. The minimum absolute atomic E-state index is 0.347. The Morgan fingerprint density at radius 2 is 2.21 bits per heavy atom. The Labute approximate surface area is 118 Å². The van der Waals surface area contributed by atoms with Gasteiger partial charge in [0.1, 0.15) is 6.61 Å². The Morgan fingerprint density at radius 3 is 2.84 bits per heavy atom. The van der Waals surface area contributed by atoms with E-state index in [1.165, 1.54) is 4.88 Å². The average Bonchev–Trinajstić information content (AvgIpc) is 2.89. The van der Waals surface area contributed by atoms with Gasteiger partial charge in [-0.3, -0.25) is 0 Å². The van der Waals surface area contributed by atoms with Crippen molar-refractivity contribution in [2.75, 3.05) is 19.8 Å². The zero-order chi connectivity index (χ0) is 13.9. The second kappa shape index (κ2) is 10.3. The van der Waals surface area contributed by atoms with E-state index in [2.05, 4.69) is 29.8 Å². The van der Waals surface area contributed by atoms with Gasteiger partial charge in [0.25, 0.3) is 6.43 Å². The Morgan fingerprint density at radius 1 is 1.37 bits per heavy atom. The van der Waals surface area contributed by atoms with E-state index in [-0.39, 0.29) is 0 Å². The Kier molecular flexibility index (Phi) is 8.95. The fraction of sp³-hybridized carbons (Fsp3) is 0.714. The molecule has 0 amide bonds. The standard InChI is InChI=1S/C14H23F2NOS/c1-2-8-17-12(7-9-18-11-14(15)16)5-6-13-4-3-10-19-13/h3-4,10,12,14,17H,2,5-9,11H2,1H3. The van der Waals surface area contributed by atoms with Crippen molar-refractivity contribution in [1.82, 2.24) is 5.32 Å². The van der Waals surface area contributed by atoms with Gasteiger partial charge in [0.05, 0.1) is 0 Å². The third kappa shape index (κ3) is 8.29. The molecule has 1 rings (SSSR count). The zero-order valence-corrected chi connectivity index (χ0v) is 12.2. The topological polar surface area (TPSA) is 21.3 Å². The van der Waals surface area contributed by atoms with Crippen molar-refractivity contribution in [2.45, 2.75) is 45.1 Å². The van der Waals surface area contributed by atoms with Gasteiger partial charge < -0.3 is 10.1 Å². The number of halogens is 2. The van der Waals surface area contributed by atoms with Gasteiger partial charge in [0.15, 0.2) is 0 Å². The number of thiophene rings is 1. The molecule has 1 N–H and O–H groups in total. The summed E-state index contributed by atoms with van der Waals surface area (Å²) in [7, 11) is 0. The monoisotopic (exact) mass is 291 g/mol. The van der Waals surface area contributed by atoms with Crippen LogP contribution < -0.4 is 5.32 Å². The van der Waals surface area contributed by atoms with Crippen LogP contribution in [0.3, 0.4) is 0 Å². The van der Waals surface area contributed by atoms with E-state index in [1.807, 2.05) is 0 Å². The SMILES string of the molecule is CCCNC(CCOCC(F)F)CCc1cccs1. The van der Waals surface area contributed by atoms with Crippen molar-refractivity contribution in [3.05, 3.63) is 22.4 Å². The normalized spacial score (nSPS) is 13.1. The Bertz CT molecular complexity index is 306. The van der Waals surface area contributed by atoms with Crippen LogP contribution in [0.4, 0.5) is 8.78 Å². The van der Waals surface area contributed by atoms with E-state index in [9.17, 15) is 8.78 Å². The highest BCUT2D eigenvalue weighted by Crippen LogP contribution is 2.13. The van der Waals surface area contributed by atoms with Crippen LogP contribution in [-0.4, -0.2) is 32.2 Å². The molecule has 0 fully saturated rings. The maximum Gasteiger partial charge on any atom is 0.261 e. The first kappa shape index (κ1) is 16.5. The second-order valence-electron chi connectivity index (χ2n) is 4.52. The summed E-state index contributed by atoms with van der Waals surface area (Å²) >= 11 is 1.76. The van der Waals surface area contributed by atoms with Crippen molar-refractivity contribution in [2.24, 2.45) is 0 Å². The summed E-state index contributed by atoms with van der Waals surface area (Å²) in [6.45, 7) is 3.03. The molecular weight excluding hydrogens is 268 g/mol. The predicted molar refractivity (Wildman–Crippen MR) is 76.2 cm³/mol. The van der Waals surface area contributed by atoms with Crippen LogP contribution in [-0.2, 0) is 11.2 Å². The summed E-state index contributed by atoms with van der Waals surface area (Å²) in [4.78, 5) is 1.37. The van der Waals surface area contributed by atoms with E-state index in [0.717, 1.165) is 32.2 Å². The molecule has 1 unspecified atom stereocenters. The largest absolute Gasteiger partial charge is 0.375 e. The number of aryl methyl sites for hydroxylation is 1. The second-order valence-corrected chi connectivity index (χ2v) is 5.56. The quantitative estimate of drug-likeness (QED) is 0.627. The first-order valence-corrected chi connectivity index (χ1v) is 7.72. The highest BCUT2D eigenvalue weighted by molar-refractivity contribution is 7.09. The van der Waals surface area contributed by atoms with Gasteiger partial charge in [-0.05, 0) is 43.7 Å². The van der Waals surface area contributed by atoms with Gasteiger partial charge in [0, 0.05) is 17.5 Å². The number of rotatable bonds is 11. The van der Waals surface area contributed by atoms with Crippen LogP contribution in [0.1, 0.15) is 31.1 Å². The summed E-state index contributed by atoms with van der Waals surface area (Å²) in [5.41, 5.74) is 0. The number of alkyl halides is 2. The molecular formula is C14H23F2NOS. The fourth-order valence-electron chi connectivity index (χ4n) is 1.87. The van der Waals surface area contributed by atoms with Crippen LogP contribution in [0.25, 0.3) is 0 Å². The third-order valence-corrected chi connectivity index (χ3v) is 3.79. The zero-order valence-electron chi connectivity index (χ0n) is 11.4. The van der Waals surface area contributed by atoms with Gasteiger partial charge in [-0.25, -0.2) is 8.78 Å². The lowest BCUT2D eigenvalue weighted by molar-refractivity contribution is 0.0142. The molecule has 0 aliphatic rings. The average molecular weight is 291 g/mol. The Hall–Kier alpha value is -0.520. The lowest BCUT2D eigenvalue weighted by Crippen LogP contribution is -2.31. The lowest BCUT2D eigenvalue weighted by Gasteiger charge is -2.18. The van der Waals surface area contributed by atoms with Crippen LogP contribution in [0.5, 0.6) is 0 Å². The van der Waals surface area contributed by atoms with Crippen LogP contribution in [0, 0.1) is 0 Å². The minimum atomic E-state index is -2.37. The van der Waals surface area contributed by atoms with E-state index in [0.29, 0.717) is 12.6 Å². The molecule has 5 heteroatoms. The van der Waals surface area contributed by atoms with Crippen molar-refractivity contribution in [1.29, 1.82) is 0 Å². The molecule has 0 saturated carbocycles. The molecule has 2 nitrogen and oxygen atoms in total. The molecule has 0 aliphatic carbocycles. The van der Waals surface area contributed by atoms with Crippen LogP contribution >= 0.6 is 11.3 Å². The summed E-state index contributed by atoms with van der Waals surface area (Å²) in [5.74, 6) is 0. The smallest absolute Gasteiger partial charge is 0.261 e. The Balaban J connectivity index is 2.21. The highest BCUT2D eigenvalue weighted by Gasteiger charge is 2.09. The summed E-state index contributed by atoms with van der Waals surface area (Å²) in [6.07, 6.45) is 1.56. The van der Waals surface area contributed by atoms with Gasteiger partial charge in [-0.1, -0.05) is 13.0 Å². The molecule has 0 aliphatic heterocycles. The van der Waals surface area contributed by atoms with Crippen molar-refractivity contribution < 1.29 is 13.5 Å². The molecule has 0 spiro atoms. The third-order valence-electron chi connectivity index (χ3n) is 2.86. The van der Waals surface area contributed by atoms with E-state index in [1.54, 1.807) is 11.3 Å². The van der Waals surface area contributed by atoms with Gasteiger partial charge in [-0.15, -0.1) is 11.3 Å². The maximum absolute atomic E-state index is 12.0. The maximum atomic E-state index is 12.0. The lowest BCUT2D eigenvalue weighted by atomic mass is 10.1. The molecule has 0 radical (unpaired) electrons. The highest BCUT2D eigenvalue weighted by atomic mass is 32.1. The first-order valence-electron chi connectivity index (χ1n) is 6.84.